The fraction of sp³-hybridized carbons (Fsp3) is 0.194. The average Bonchev–Trinajstić information content (AvgIpc) is 3.23. The lowest BCUT2D eigenvalue weighted by Crippen LogP contribution is -2.39. The summed E-state index contributed by atoms with van der Waals surface area (Å²) in [7, 11) is 0. The summed E-state index contributed by atoms with van der Waals surface area (Å²) in [5.74, 6) is -0.122. The molecule has 210 valence electrons. The molecular weight excluding hydrogens is 603 g/mol. The van der Waals surface area contributed by atoms with E-state index in [1.54, 1.807) is 48.8 Å². The largest absolute Gasteiger partial charge is 0.487 e. The molecule has 4 aromatic rings. The van der Waals surface area contributed by atoms with Crippen molar-refractivity contribution in [3.63, 3.8) is 0 Å². The third-order valence-electron chi connectivity index (χ3n) is 6.53. The predicted molar refractivity (Wildman–Crippen MR) is 164 cm³/mol. The number of aromatic nitrogens is 1. The minimum absolute atomic E-state index is 0.203. The first-order chi connectivity index (χ1) is 19.7. The molecule has 1 atom stereocenters. The number of esters is 1. The second-order valence-electron chi connectivity index (χ2n) is 9.43. The number of fused-ring (bicyclic) bond motifs is 1. The summed E-state index contributed by atoms with van der Waals surface area (Å²) in [5.41, 5.74) is 3.78. The predicted octanol–water partition coefficient (Wildman–Crippen LogP) is 6.65. The molecule has 0 aliphatic carbocycles. The van der Waals surface area contributed by atoms with Crippen LogP contribution in [0.4, 0.5) is 0 Å². The molecule has 5 rings (SSSR count). The van der Waals surface area contributed by atoms with E-state index in [2.05, 4.69) is 4.99 Å². The molecule has 3 aromatic carbocycles. The van der Waals surface area contributed by atoms with Crippen molar-refractivity contribution in [3.8, 4) is 5.75 Å². The number of hydrogen-bond acceptors (Lipinski definition) is 6. The number of allylic oxidation sites excluding steroid dienone is 1. The molecule has 1 aromatic heterocycles. The number of aryl methyl sites for hydroxylation is 1. The Bertz CT molecular complexity index is 1840. The van der Waals surface area contributed by atoms with Crippen molar-refractivity contribution < 1.29 is 14.3 Å². The lowest BCUT2D eigenvalue weighted by molar-refractivity contribution is -0.139. The number of carbonyl (C=O) groups is 1. The van der Waals surface area contributed by atoms with Gasteiger partial charge in [0.25, 0.3) is 5.56 Å². The molecule has 0 saturated carbocycles. The van der Waals surface area contributed by atoms with Crippen molar-refractivity contribution in [2.75, 3.05) is 6.61 Å². The van der Waals surface area contributed by atoms with Crippen molar-refractivity contribution in [1.29, 1.82) is 0 Å². The molecule has 0 fully saturated rings. The lowest BCUT2D eigenvalue weighted by atomic mass is 9.95. The normalized spacial score (nSPS) is 15.0. The Morgan fingerprint density at radius 1 is 1.02 bits per heavy atom. The highest BCUT2D eigenvalue weighted by Crippen LogP contribution is 2.34. The number of nitrogens with zero attached hydrogens (tertiary/aromatic N) is 2. The van der Waals surface area contributed by atoms with Crippen molar-refractivity contribution >= 4 is 58.2 Å². The molecule has 1 aliphatic heterocycles. The minimum Gasteiger partial charge on any atom is -0.487 e. The van der Waals surface area contributed by atoms with Crippen LogP contribution in [0.15, 0.2) is 81.7 Å². The molecule has 0 unspecified atom stereocenters. The molecule has 1 aliphatic rings. The fourth-order valence-electron chi connectivity index (χ4n) is 4.57. The van der Waals surface area contributed by atoms with Crippen LogP contribution in [0.1, 0.15) is 42.1 Å². The summed E-state index contributed by atoms with van der Waals surface area (Å²) < 4.78 is 13.4. The van der Waals surface area contributed by atoms with E-state index in [4.69, 9.17) is 44.3 Å². The molecule has 41 heavy (non-hydrogen) atoms. The molecule has 0 bridgehead atoms. The maximum absolute atomic E-state index is 14.0. The van der Waals surface area contributed by atoms with Gasteiger partial charge >= 0.3 is 5.97 Å². The summed E-state index contributed by atoms with van der Waals surface area (Å²) in [4.78, 5) is 32.2. The van der Waals surface area contributed by atoms with E-state index in [-0.39, 0.29) is 18.8 Å². The Kier molecular flexibility index (Phi) is 8.71. The van der Waals surface area contributed by atoms with E-state index < -0.39 is 12.0 Å². The zero-order valence-electron chi connectivity index (χ0n) is 22.4. The van der Waals surface area contributed by atoms with Gasteiger partial charge in [0, 0.05) is 15.6 Å². The summed E-state index contributed by atoms with van der Waals surface area (Å²) in [6.07, 6.45) is 1.69. The molecule has 10 heteroatoms. The lowest BCUT2D eigenvalue weighted by Gasteiger charge is -2.24. The molecule has 0 N–H and O–H groups in total. The Hall–Kier alpha value is -3.36. The first kappa shape index (κ1) is 29.1. The Morgan fingerprint density at radius 2 is 1.73 bits per heavy atom. The van der Waals surface area contributed by atoms with E-state index in [1.165, 1.54) is 11.3 Å². The van der Waals surface area contributed by atoms with E-state index in [0.29, 0.717) is 47.0 Å². The van der Waals surface area contributed by atoms with Gasteiger partial charge in [0.2, 0.25) is 0 Å². The van der Waals surface area contributed by atoms with Crippen molar-refractivity contribution in [3.05, 3.63) is 129 Å². The third kappa shape index (κ3) is 6.14. The first-order valence-corrected chi connectivity index (χ1v) is 14.7. The van der Waals surface area contributed by atoms with Gasteiger partial charge < -0.3 is 9.47 Å². The maximum Gasteiger partial charge on any atom is 0.338 e. The maximum atomic E-state index is 14.0. The van der Waals surface area contributed by atoms with E-state index >= 15 is 0 Å². The number of halogens is 3. The molecule has 0 radical (unpaired) electrons. The van der Waals surface area contributed by atoms with Crippen molar-refractivity contribution in [2.45, 2.75) is 33.4 Å². The van der Waals surface area contributed by atoms with E-state index in [1.807, 2.05) is 43.3 Å². The number of ether oxygens (including phenoxy) is 2. The van der Waals surface area contributed by atoms with Gasteiger partial charge in [-0.15, -0.1) is 0 Å². The number of carbonyl (C=O) groups excluding carboxylic acids is 1. The molecular formula is C31H25Cl3N2O4S. The quantitative estimate of drug-likeness (QED) is 0.215. The monoisotopic (exact) mass is 626 g/mol. The van der Waals surface area contributed by atoms with Gasteiger partial charge in [-0.3, -0.25) is 9.36 Å². The van der Waals surface area contributed by atoms with Gasteiger partial charge in [0.05, 0.1) is 33.5 Å². The fourth-order valence-corrected chi connectivity index (χ4v) is 6.30. The highest BCUT2D eigenvalue weighted by molar-refractivity contribution is 7.07. The Morgan fingerprint density at radius 3 is 2.41 bits per heavy atom. The zero-order chi connectivity index (χ0) is 29.3. The van der Waals surface area contributed by atoms with Gasteiger partial charge in [-0.2, -0.15) is 0 Å². The molecule has 0 amide bonds. The first-order valence-electron chi connectivity index (χ1n) is 12.8. The number of hydrogen-bond donors (Lipinski definition) is 0. The number of thiazole rings is 1. The molecule has 6 nitrogen and oxygen atoms in total. The van der Waals surface area contributed by atoms with Gasteiger partial charge in [-0.05, 0) is 62.2 Å². The van der Waals surface area contributed by atoms with Gasteiger partial charge in [0.1, 0.15) is 12.4 Å². The zero-order valence-corrected chi connectivity index (χ0v) is 25.5. The molecule has 0 spiro atoms. The number of benzene rings is 3. The van der Waals surface area contributed by atoms with E-state index in [9.17, 15) is 9.59 Å². The van der Waals surface area contributed by atoms with Gasteiger partial charge in [-0.25, -0.2) is 9.79 Å². The summed E-state index contributed by atoms with van der Waals surface area (Å²) >= 11 is 20.1. The summed E-state index contributed by atoms with van der Waals surface area (Å²) in [5, 5.41) is 1.33. The van der Waals surface area contributed by atoms with Crippen molar-refractivity contribution in [1.82, 2.24) is 4.57 Å². The van der Waals surface area contributed by atoms with Crippen LogP contribution in [0.25, 0.3) is 6.08 Å². The molecule has 0 saturated heterocycles. The second-order valence-corrected chi connectivity index (χ2v) is 11.7. The standard InChI is InChI=1S/C31H25Cl3N2O4S/c1-4-39-30(38)26-18(3)35-31-36(27(26)20-9-5-17(2)6-10-20)29(37)25(41-31)14-21-13-23(33)15-24(34)28(21)40-16-19-7-11-22(32)12-8-19/h5-15,27H,4,16H2,1-3H3/b25-14-/t27-/m0/s1. The average molecular weight is 628 g/mol. The highest BCUT2D eigenvalue weighted by Gasteiger charge is 2.33. The van der Waals surface area contributed by atoms with Crippen LogP contribution < -0.4 is 19.6 Å². The SMILES string of the molecule is CCOC(=O)C1=C(C)N=c2s/c(=C\c3cc(Cl)cc(Cl)c3OCc3ccc(Cl)cc3)c(=O)n2[C@H]1c1ccc(C)cc1. The third-order valence-corrected chi connectivity index (χ3v) is 8.26. The van der Waals surface area contributed by atoms with Crippen LogP contribution in [-0.2, 0) is 16.1 Å². The van der Waals surface area contributed by atoms with Crippen LogP contribution in [0.2, 0.25) is 15.1 Å². The van der Waals surface area contributed by atoms with Crippen LogP contribution >= 0.6 is 46.1 Å². The van der Waals surface area contributed by atoms with Crippen molar-refractivity contribution in [2.24, 2.45) is 4.99 Å². The van der Waals surface area contributed by atoms with Crippen LogP contribution in [0.5, 0.6) is 5.75 Å². The van der Waals surface area contributed by atoms with E-state index in [0.717, 1.165) is 16.7 Å². The minimum atomic E-state index is -0.698. The van der Waals surface area contributed by atoms with Crippen LogP contribution in [0, 0.1) is 6.92 Å². The Balaban J connectivity index is 1.64. The second kappa shape index (κ2) is 12.2. The van der Waals surface area contributed by atoms with Gasteiger partial charge in [-0.1, -0.05) is 88.1 Å². The van der Waals surface area contributed by atoms with Crippen LogP contribution in [-0.4, -0.2) is 17.1 Å². The van der Waals surface area contributed by atoms with Crippen LogP contribution in [0.3, 0.4) is 0 Å². The summed E-state index contributed by atoms with van der Waals surface area (Å²) in [6.45, 7) is 5.91. The highest BCUT2D eigenvalue weighted by atomic mass is 35.5. The molecule has 2 heterocycles. The topological polar surface area (TPSA) is 69.9 Å². The smallest absolute Gasteiger partial charge is 0.338 e. The summed E-state index contributed by atoms with van der Waals surface area (Å²) in [6, 6.07) is 17.6. The van der Waals surface area contributed by atoms with Gasteiger partial charge in [0.15, 0.2) is 4.80 Å². The Labute approximate surface area is 255 Å². The number of rotatable bonds is 7.